The standard InChI is InChI=1S/C18H17NO2/c20-18(17-11-14-4-1-2-7-16(14)21-17)19-15-9-8-12-5-3-6-13(12)10-15/h1-2,4,7-10,17H,3,5-6,11H2,(H,19,20)/t17-/m1/s1. The van der Waals surface area contributed by atoms with Crippen LogP contribution in [0.3, 0.4) is 0 Å². The zero-order valence-corrected chi connectivity index (χ0v) is 11.8. The minimum Gasteiger partial charge on any atom is -0.480 e. The van der Waals surface area contributed by atoms with Crippen LogP contribution in [0.2, 0.25) is 0 Å². The topological polar surface area (TPSA) is 38.3 Å². The second-order valence-electron chi connectivity index (χ2n) is 5.74. The molecule has 2 aromatic rings. The van der Waals surface area contributed by atoms with E-state index < -0.39 is 6.10 Å². The molecule has 4 rings (SSSR count). The van der Waals surface area contributed by atoms with Gasteiger partial charge in [0.25, 0.3) is 5.91 Å². The van der Waals surface area contributed by atoms with E-state index in [-0.39, 0.29) is 5.91 Å². The number of hydrogen-bond acceptors (Lipinski definition) is 2. The molecule has 2 aromatic carbocycles. The SMILES string of the molecule is O=C(Nc1ccc2c(c1)CCC2)[C@H]1Cc2ccccc2O1. The van der Waals surface area contributed by atoms with E-state index in [2.05, 4.69) is 17.4 Å². The van der Waals surface area contributed by atoms with E-state index in [0.29, 0.717) is 6.42 Å². The lowest BCUT2D eigenvalue weighted by atomic mass is 10.1. The van der Waals surface area contributed by atoms with E-state index >= 15 is 0 Å². The molecule has 21 heavy (non-hydrogen) atoms. The Labute approximate surface area is 123 Å². The fraction of sp³-hybridized carbons (Fsp3) is 0.278. The van der Waals surface area contributed by atoms with E-state index in [9.17, 15) is 4.79 Å². The normalized spacial score (nSPS) is 18.8. The Kier molecular flexibility index (Phi) is 2.92. The van der Waals surface area contributed by atoms with Gasteiger partial charge in [0.1, 0.15) is 5.75 Å². The van der Waals surface area contributed by atoms with Crippen LogP contribution in [-0.2, 0) is 24.1 Å². The van der Waals surface area contributed by atoms with Gasteiger partial charge in [-0.15, -0.1) is 0 Å². The predicted molar refractivity (Wildman–Crippen MR) is 81.7 cm³/mol. The van der Waals surface area contributed by atoms with Gasteiger partial charge in [0.15, 0.2) is 6.10 Å². The number of ether oxygens (including phenoxy) is 1. The smallest absolute Gasteiger partial charge is 0.265 e. The number of amides is 1. The highest BCUT2D eigenvalue weighted by Crippen LogP contribution is 2.29. The molecule has 0 radical (unpaired) electrons. The second kappa shape index (κ2) is 4.92. The van der Waals surface area contributed by atoms with E-state index in [1.807, 2.05) is 30.3 Å². The van der Waals surface area contributed by atoms with Gasteiger partial charge in [-0.3, -0.25) is 4.79 Å². The van der Waals surface area contributed by atoms with Gasteiger partial charge in [-0.05, 0) is 54.2 Å². The molecule has 1 N–H and O–H groups in total. The Morgan fingerprint density at radius 2 is 1.90 bits per heavy atom. The van der Waals surface area contributed by atoms with Crippen molar-refractivity contribution >= 4 is 11.6 Å². The second-order valence-corrected chi connectivity index (χ2v) is 5.74. The fourth-order valence-corrected chi connectivity index (χ4v) is 3.20. The van der Waals surface area contributed by atoms with Crippen LogP contribution in [0.15, 0.2) is 42.5 Å². The highest BCUT2D eigenvalue weighted by Gasteiger charge is 2.28. The Morgan fingerprint density at radius 3 is 2.81 bits per heavy atom. The summed E-state index contributed by atoms with van der Waals surface area (Å²) >= 11 is 0. The summed E-state index contributed by atoms with van der Waals surface area (Å²) in [6.07, 6.45) is 3.71. The van der Waals surface area contributed by atoms with E-state index in [1.54, 1.807) is 0 Å². The lowest BCUT2D eigenvalue weighted by molar-refractivity contribution is -0.122. The molecular formula is C18H17NO2. The Balaban J connectivity index is 1.47. The van der Waals surface area contributed by atoms with Crippen LogP contribution in [0.4, 0.5) is 5.69 Å². The number of rotatable bonds is 2. The summed E-state index contributed by atoms with van der Waals surface area (Å²) in [5.74, 6) is 0.760. The number of para-hydroxylation sites is 1. The quantitative estimate of drug-likeness (QED) is 0.917. The van der Waals surface area contributed by atoms with Crippen molar-refractivity contribution in [2.24, 2.45) is 0 Å². The first-order valence-electron chi connectivity index (χ1n) is 7.47. The highest BCUT2D eigenvalue weighted by atomic mass is 16.5. The van der Waals surface area contributed by atoms with Gasteiger partial charge in [-0.25, -0.2) is 0 Å². The largest absolute Gasteiger partial charge is 0.480 e. The average molecular weight is 279 g/mol. The van der Waals surface area contributed by atoms with Crippen molar-refractivity contribution in [1.29, 1.82) is 0 Å². The summed E-state index contributed by atoms with van der Waals surface area (Å²) in [5.41, 5.74) is 4.76. The van der Waals surface area contributed by atoms with Crippen LogP contribution in [0, 0.1) is 0 Å². The molecule has 0 aromatic heterocycles. The Bertz CT molecular complexity index is 683. The molecule has 0 bridgehead atoms. The van der Waals surface area contributed by atoms with E-state index in [4.69, 9.17) is 4.74 Å². The molecule has 2 aliphatic rings. The van der Waals surface area contributed by atoms with Crippen LogP contribution in [0.5, 0.6) is 5.75 Å². The predicted octanol–water partition coefficient (Wildman–Crippen LogP) is 3.12. The van der Waals surface area contributed by atoms with Crippen molar-refractivity contribution in [3.63, 3.8) is 0 Å². The molecule has 1 atom stereocenters. The van der Waals surface area contributed by atoms with Crippen molar-refractivity contribution in [2.45, 2.75) is 31.8 Å². The van der Waals surface area contributed by atoms with Gasteiger partial charge in [0.2, 0.25) is 0 Å². The summed E-state index contributed by atoms with van der Waals surface area (Å²) in [5, 5.41) is 2.98. The minimum atomic E-state index is -0.421. The summed E-state index contributed by atoms with van der Waals surface area (Å²) in [6.45, 7) is 0. The maximum absolute atomic E-state index is 12.3. The summed E-state index contributed by atoms with van der Waals surface area (Å²) < 4.78 is 5.72. The number of hydrogen-bond donors (Lipinski definition) is 1. The van der Waals surface area contributed by atoms with Crippen LogP contribution in [-0.4, -0.2) is 12.0 Å². The van der Waals surface area contributed by atoms with E-state index in [0.717, 1.165) is 29.8 Å². The molecule has 0 fully saturated rings. The lowest BCUT2D eigenvalue weighted by Gasteiger charge is -2.12. The monoisotopic (exact) mass is 279 g/mol. The van der Waals surface area contributed by atoms with Crippen molar-refractivity contribution in [1.82, 2.24) is 0 Å². The molecule has 1 heterocycles. The van der Waals surface area contributed by atoms with Gasteiger partial charge in [-0.1, -0.05) is 24.3 Å². The van der Waals surface area contributed by atoms with Gasteiger partial charge < -0.3 is 10.1 Å². The van der Waals surface area contributed by atoms with Crippen molar-refractivity contribution in [2.75, 3.05) is 5.32 Å². The number of fused-ring (bicyclic) bond motifs is 2. The number of nitrogens with one attached hydrogen (secondary N) is 1. The van der Waals surface area contributed by atoms with Gasteiger partial charge >= 0.3 is 0 Å². The molecule has 0 spiro atoms. The number of anilines is 1. The third-order valence-corrected chi connectivity index (χ3v) is 4.31. The fourth-order valence-electron chi connectivity index (χ4n) is 3.20. The van der Waals surface area contributed by atoms with Crippen LogP contribution in [0.25, 0.3) is 0 Å². The van der Waals surface area contributed by atoms with Gasteiger partial charge in [-0.2, -0.15) is 0 Å². The first-order chi connectivity index (χ1) is 10.3. The molecule has 1 aliphatic carbocycles. The number of carbonyl (C=O) groups is 1. The molecule has 0 unspecified atom stereocenters. The summed E-state index contributed by atoms with van der Waals surface area (Å²) in [6, 6.07) is 14.0. The average Bonchev–Trinajstić information content (AvgIpc) is 3.13. The van der Waals surface area contributed by atoms with Gasteiger partial charge in [0, 0.05) is 12.1 Å². The number of aryl methyl sites for hydroxylation is 2. The Hall–Kier alpha value is -2.29. The first-order valence-corrected chi connectivity index (χ1v) is 7.47. The van der Waals surface area contributed by atoms with E-state index in [1.165, 1.54) is 17.5 Å². The van der Waals surface area contributed by atoms with Crippen molar-refractivity contribution in [3.05, 3.63) is 59.2 Å². The molecule has 0 saturated carbocycles. The molecule has 1 amide bonds. The summed E-state index contributed by atoms with van der Waals surface area (Å²) in [7, 11) is 0. The number of benzene rings is 2. The summed E-state index contributed by atoms with van der Waals surface area (Å²) in [4.78, 5) is 12.3. The van der Waals surface area contributed by atoms with Gasteiger partial charge in [0.05, 0.1) is 0 Å². The van der Waals surface area contributed by atoms with Crippen molar-refractivity contribution in [3.8, 4) is 5.75 Å². The zero-order chi connectivity index (χ0) is 14.2. The third kappa shape index (κ3) is 2.29. The van der Waals surface area contributed by atoms with Crippen molar-refractivity contribution < 1.29 is 9.53 Å². The zero-order valence-electron chi connectivity index (χ0n) is 11.8. The van der Waals surface area contributed by atoms with Crippen LogP contribution >= 0.6 is 0 Å². The van der Waals surface area contributed by atoms with Crippen LogP contribution < -0.4 is 10.1 Å². The minimum absolute atomic E-state index is 0.0656. The Morgan fingerprint density at radius 1 is 1.05 bits per heavy atom. The third-order valence-electron chi connectivity index (χ3n) is 4.31. The first kappa shape index (κ1) is 12.5. The molecule has 0 saturated heterocycles. The maximum atomic E-state index is 12.3. The molecule has 106 valence electrons. The van der Waals surface area contributed by atoms with Crippen LogP contribution in [0.1, 0.15) is 23.1 Å². The molecule has 3 nitrogen and oxygen atoms in total. The molecule has 3 heteroatoms. The lowest BCUT2D eigenvalue weighted by Crippen LogP contribution is -2.31. The number of carbonyl (C=O) groups excluding carboxylic acids is 1. The highest BCUT2D eigenvalue weighted by molar-refractivity contribution is 5.95. The molecule has 1 aliphatic heterocycles. The molecular weight excluding hydrogens is 262 g/mol. The maximum Gasteiger partial charge on any atom is 0.265 e.